The maximum atomic E-state index is 12.8. The maximum Gasteiger partial charge on any atom is 0.308 e. The number of aliphatic hydroxyl groups is 2. The zero-order valence-corrected chi connectivity index (χ0v) is 19.0. The van der Waals surface area contributed by atoms with Crippen LogP contribution in [0.5, 0.6) is 0 Å². The van der Waals surface area contributed by atoms with Crippen LogP contribution in [0.15, 0.2) is 23.8 Å². The van der Waals surface area contributed by atoms with E-state index in [1.165, 1.54) is 7.11 Å². The van der Waals surface area contributed by atoms with Crippen molar-refractivity contribution in [3.63, 3.8) is 0 Å². The number of carbonyl (C=O) groups excluding carboxylic acids is 3. The largest absolute Gasteiger partial charge is 0.469 e. The highest BCUT2D eigenvalue weighted by molar-refractivity contribution is 5.84. The van der Waals surface area contributed by atoms with Crippen molar-refractivity contribution in [2.75, 3.05) is 7.11 Å². The van der Waals surface area contributed by atoms with Gasteiger partial charge in [-0.05, 0) is 37.2 Å². The molecular weight excluding hydrogens is 400 g/mol. The molecule has 2 aliphatic carbocycles. The summed E-state index contributed by atoms with van der Waals surface area (Å²) in [5.41, 5.74) is 0.977. The van der Waals surface area contributed by atoms with Crippen LogP contribution in [0.3, 0.4) is 0 Å². The Balaban J connectivity index is 2.24. The molecule has 0 saturated heterocycles. The quantitative estimate of drug-likeness (QED) is 0.507. The summed E-state index contributed by atoms with van der Waals surface area (Å²) in [7, 11) is 1.21. The molecule has 0 radical (unpaired) electrons. The molecule has 0 amide bonds. The Hall–Kier alpha value is -1.99. The smallest absolute Gasteiger partial charge is 0.308 e. The minimum absolute atomic E-state index is 0.0678. The van der Waals surface area contributed by atoms with Crippen LogP contribution in [0.1, 0.15) is 59.3 Å². The summed E-state index contributed by atoms with van der Waals surface area (Å²) in [4.78, 5) is 36.7. The number of aliphatic hydroxyl groups excluding tert-OH is 2. The molecule has 7 atom stereocenters. The molecule has 0 aromatic carbocycles. The number of allylic oxidation sites excluding steroid dienone is 3. The first kappa shape index (κ1) is 25.3. The van der Waals surface area contributed by atoms with E-state index in [1.807, 2.05) is 32.9 Å². The maximum absolute atomic E-state index is 12.8. The predicted octanol–water partition coefficient (Wildman–Crippen LogP) is 2.74. The molecule has 2 N–H and O–H groups in total. The van der Waals surface area contributed by atoms with Gasteiger partial charge in [0.2, 0.25) is 0 Å². The molecule has 31 heavy (non-hydrogen) atoms. The van der Waals surface area contributed by atoms with Crippen molar-refractivity contribution in [2.45, 2.75) is 77.6 Å². The van der Waals surface area contributed by atoms with Gasteiger partial charge in [0, 0.05) is 18.3 Å². The monoisotopic (exact) mass is 436 g/mol. The summed E-state index contributed by atoms with van der Waals surface area (Å²) in [5, 5.41) is 21.1. The molecule has 0 spiro atoms. The topological polar surface area (TPSA) is 110 Å². The zero-order chi connectivity index (χ0) is 23.1. The van der Waals surface area contributed by atoms with E-state index in [0.717, 1.165) is 12.0 Å². The van der Waals surface area contributed by atoms with Gasteiger partial charge in [0.05, 0.1) is 25.6 Å². The van der Waals surface area contributed by atoms with Crippen molar-refractivity contribution in [1.29, 1.82) is 0 Å². The molecule has 174 valence electrons. The number of ether oxygens (including phenoxy) is 2. The third kappa shape index (κ3) is 6.26. The Bertz CT molecular complexity index is 711. The summed E-state index contributed by atoms with van der Waals surface area (Å²) in [6.45, 7) is 5.75. The Morgan fingerprint density at radius 1 is 1.19 bits per heavy atom. The van der Waals surface area contributed by atoms with E-state index in [2.05, 4.69) is 10.8 Å². The van der Waals surface area contributed by atoms with Crippen molar-refractivity contribution in [1.82, 2.24) is 0 Å². The normalized spacial score (nSPS) is 28.0. The van der Waals surface area contributed by atoms with E-state index < -0.39 is 36.0 Å². The number of rotatable bonds is 10. The molecule has 0 aliphatic heterocycles. The molecule has 0 fully saturated rings. The van der Waals surface area contributed by atoms with Gasteiger partial charge in [-0.25, -0.2) is 0 Å². The second-order valence-corrected chi connectivity index (χ2v) is 8.65. The third-order valence-corrected chi connectivity index (χ3v) is 6.58. The lowest BCUT2D eigenvalue weighted by Gasteiger charge is -2.44. The highest BCUT2D eigenvalue weighted by Crippen LogP contribution is 2.44. The Labute approximate surface area is 184 Å². The van der Waals surface area contributed by atoms with Crippen LogP contribution >= 0.6 is 0 Å². The van der Waals surface area contributed by atoms with Gasteiger partial charge in [-0.15, -0.1) is 0 Å². The summed E-state index contributed by atoms with van der Waals surface area (Å²) in [6.07, 6.45) is 5.30. The average molecular weight is 437 g/mol. The number of carbonyl (C=O) groups is 3. The molecule has 0 saturated carbocycles. The summed E-state index contributed by atoms with van der Waals surface area (Å²) in [5.74, 6) is -2.42. The number of Topliss-reactive ketones (excluding diaryl/α,β-unsaturated/α-hetero) is 1. The fraction of sp³-hybridized carbons (Fsp3) is 0.708. The van der Waals surface area contributed by atoms with Gasteiger partial charge in [0.15, 0.2) is 5.78 Å². The molecule has 2 rings (SSSR count). The number of methoxy groups -OCH3 is 1. The average Bonchev–Trinajstić information content (AvgIpc) is 2.76. The van der Waals surface area contributed by atoms with Crippen LogP contribution in [0, 0.1) is 23.7 Å². The fourth-order valence-electron chi connectivity index (χ4n) is 4.54. The lowest BCUT2D eigenvalue weighted by atomic mass is 9.64. The Morgan fingerprint density at radius 2 is 1.90 bits per heavy atom. The van der Waals surface area contributed by atoms with E-state index in [4.69, 9.17) is 4.74 Å². The first-order valence-corrected chi connectivity index (χ1v) is 11.3. The van der Waals surface area contributed by atoms with Gasteiger partial charge >= 0.3 is 11.9 Å². The van der Waals surface area contributed by atoms with Crippen LogP contribution in [0.2, 0.25) is 0 Å². The van der Waals surface area contributed by atoms with E-state index in [-0.39, 0.29) is 36.6 Å². The van der Waals surface area contributed by atoms with Crippen molar-refractivity contribution < 1.29 is 34.1 Å². The number of fused-ring (bicyclic) bond motifs is 1. The highest BCUT2D eigenvalue weighted by atomic mass is 16.5. The summed E-state index contributed by atoms with van der Waals surface area (Å²) in [6, 6.07) is 0. The van der Waals surface area contributed by atoms with Crippen LogP contribution in [-0.2, 0) is 23.9 Å². The van der Waals surface area contributed by atoms with Crippen molar-refractivity contribution in [2.24, 2.45) is 23.7 Å². The van der Waals surface area contributed by atoms with E-state index in [9.17, 15) is 24.6 Å². The van der Waals surface area contributed by atoms with Gasteiger partial charge < -0.3 is 19.7 Å². The fourth-order valence-corrected chi connectivity index (χ4v) is 4.54. The molecular formula is C24H36O7. The number of esters is 2. The molecule has 2 aliphatic rings. The van der Waals surface area contributed by atoms with Crippen molar-refractivity contribution in [3.8, 4) is 0 Å². The first-order valence-electron chi connectivity index (χ1n) is 11.3. The molecule has 7 heteroatoms. The van der Waals surface area contributed by atoms with E-state index in [0.29, 0.717) is 19.3 Å². The zero-order valence-electron chi connectivity index (χ0n) is 19.0. The van der Waals surface area contributed by atoms with Crippen LogP contribution in [-0.4, -0.2) is 53.4 Å². The lowest BCUT2D eigenvalue weighted by Crippen LogP contribution is -2.48. The van der Waals surface area contributed by atoms with Gasteiger partial charge in [0.25, 0.3) is 0 Å². The Morgan fingerprint density at radius 3 is 2.52 bits per heavy atom. The number of ketones is 1. The van der Waals surface area contributed by atoms with Crippen LogP contribution < -0.4 is 0 Å². The molecule has 1 unspecified atom stereocenters. The second-order valence-electron chi connectivity index (χ2n) is 8.65. The SMILES string of the molecule is CC[C@H]1C=CC2=CCC[C@H](OC(=O)[C@@H](C)CC)[C@@H]2[C@H]1C(O)C(=O)C[C@H](O)CC(=O)OC. The van der Waals surface area contributed by atoms with Crippen LogP contribution in [0.25, 0.3) is 0 Å². The second kappa shape index (κ2) is 11.6. The standard InChI is InChI=1S/C24H36O7/c1-5-14(3)24(29)31-19-9-7-8-16-11-10-15(6-2)22(21(16)19)23(28)18(26)12-17(25)13-20(27)30-4/h8,10-11,14-15,17,19,21-23,25,28H,5-7,9,12-13H2,1-4H3/t14-,15-,17-,19-,21+,22-,23?/m0/s1. The number of hydrogen-bond donors (Lipinski definition) is 2. The predicted molar refractivity (Wildman–Crippen MR) is 115 cm³/mol. The van der Waals surface area contributed by atoms with Crippen LogP contribution in [0.4, 0.5) is 0 Å². The molecule has 0 aromatic rings. The van der Waals surface area contributed by atoms with E-state index >= 15 is 0 Å². The highest BCUT2D eigenvalue weighted by Gasteiger charge is 2.46. The van der Waals surface area contributed by atoms with Gasteiger partial charge in [-0.3, -0.25) is 14.4 Å². The Kier molecular flexibility index (Phi) is 9.44. The minimum Gasteiger partial charge on any atom is -0.469 e. The number of hydrogen-bond acceptors (Lipinski definition) is 7. The molecule has 0 heterocycles. The molecule has 7 nitrogen and oxygen atoms in total. The van der Waals surface area contributed by atoms with E-state index in [1.54, 1.807) is 0 Å². The third-order valence-electron chi connectivity index (χ3n) is 6.58. The summed E-state index contributed by atoms with van der Waals surface area (Å²) >= 11 is 0. The van der Waals surface area contributed by atoms with Crippen molar-refractivity contribution in [3.05, 3.63) is 23.8 Å². The summed E-state index contributed by atoms with van der Waals surface area (Å²) < 4.78 is 10.4. The molecule has 0 aromatic heterocycles. The first-order chi connectivity index (χ1) is 14.7. The van der Waals surface area contributed by atoms with Gasteiger partial charge in [-0.2, -0.15) is 0 Å². The lowest BCUT2D eigenvalue weighted by molar-refractivity contribution is -0.159. The van der Waals surface area contributed by atoms with Gasteiger partial charge in [0.1, 0.15) is 12.2 Å². The minimum atomic E-state index is -1.33. The van der Waals surface area contributed by atoms with Crippen molar-refractivity contribution >= 4 is 17.7 Å². The molecule has 0 bridgehead atoms. The van der Waals surface area contributed by atoms with Gasteiger partial charge in [-0.1, -0.05) is 39.0 Å².